The van der Waals surface area contributed by atoms with Crippen LogP contribution in [0.15, 0.2) is 12.1 Å². The van der Waals surface area contributed by atoms with E-state index in [4.69, 9.17) is 5.26 Å². The Balaban J connectivity index is 3.36. The fourth-order valence-electron chi connectivity index (χ4n) is 1.12. The molecule has 0 radical (unpaired) electrons. The number of methoxy groups -OCH3 is 1. The van der Waals surface area contributed by atoms with Crippen molar-refractivity contribution in [3.8, 4) is 11.8 Å². The first-order valence-electron chi connectivity index (χ1n) is 4.27. The second kappa shape index (κ2) is 5.77. The van der Waals surface area contributed by atoms with Gasteiger partial charge in [-0.25, -0.2) is 4.79 Å². The Hall–Kier alpha value is -1.43. The van der Waals surface area contributed by atoms with E-state index in [2.05, 4.69) is 9.47 Å². The van der Waals surface area contributed by atoms with Gasteiger partial charge in [0.1, 0.15) is 11.6 Å². The molecule has 1 aromatic carbocycles. The van der Waals surface area contributed by atoms with Gasteiger partial charge in [-0.15, -0.1) is 0 Å². The van der Waals surface area contributed by atoms with E-state index in [1.165, 1.54) is 12.1 Å². The molecule has 1 rings (SSSR count). The molecular formula is C10H6F2INO3. The molecule has 0 heterocycles. The van der Waals surface area contributed by atoms with Crippen molar-refractivity contribution in [2.75, 3.05) is 7.11 Å². The quantitative estimate of drug-likeness (QED) is 0.619. The fraction of sp³-hybridized carbons (Fsp3) is 0.200. The van der Waals surface area contributed by atoms with Crippen molar-refractivity contribution in [2.24, 2.45) is 0 Å². The third kappa shape index (κ3) is 3.03. The van der Waals surface area contributed by atoms with Gasteiger partial charge in [-0.2, -0.15) is 14.0 Å². The summed E-state index contributed by atoms with van der Waals surface area (Å²) in [5.41, 5.74) is 0.00473. The van der Waals surface area contributed by atoms with Gasteiger partial charge in [-0.05, 0) is 34.7 Å². The van der Waals surface area contributed by atoms with E-state index in [9.17, 15) is 13.6 Å². The first kappa shape index (κ1) is 13.6. The van der Waals surface area contributed by atoms with E-state index in [0.717, 1.165) is 7.11 Å². The highest BCUT2D eigenvalue weighted by molar-refractivity contribution is 14.1. The lowest BCUT2D eigenvalue weighted by atomic mass is 10.1. The number of nitrogens with zero attached hydrogens (tertiary/aromatic N) is 1. The van der Waals surface area contributed by atoms with Crippen LogP contribution in [0, 0.1) is 14.9 Å². The SMILES string of the molecule is COC(=O)c1ccc(C#N)c(I)c1OC(F)F. The van der Waals surface area contributed by atoms with Crippen LogP contribution in [0.1, 0.15) is 15.9 Å². The molecule has 0 spiro atoms. The third-order valence-corrected chi connectivity index (χ3v) is 2.90. The molecule has 0 aliphatic rings. The fourth-order valence-corrected chi connectivity index (χ4v) is 1.84. The zero-order valence-electron chi connectivity index (χ0n) is 8.54. The van der Waals surface area contributed by atoms with Gasteiger partial charge in [0.2, 0.25) is 0 Å². The minimum absolute atomic E-state index is 0.142. The van der Waals surface area contributed by atoms with Crippen LogP contribution >= 0.6 is 22.6 Å². The van der Waals surface area contributed by atoms with Crippen LogP contribution < -0.4 is 4.74 Å². The van der Waals surface area contributed by atoms with Gasteiger partial charge in [0.25, 0.3) is 0 Å². The molecule has 0 saturated heterocycles. The summed E-state index contributed by atoms with van der Waals surface area (Å²) in [4.78, 5) is 11.3. The van der Waals surface area contributed by atoms with Gasteiger partial charge >= 0.3 is 12.6 Å². The minimum Gasteiger partial charge on any atom is -0.465 e. The number of halogens is 3. The van der Waals surface area contributed by atoms with Crippen molar-refractivity contribution < 1.29 is 23.0 Å². The number of rotatable bonds is 3. The molecule has 0 fully saturated rings. The number of esters is 1. The summed E-state index contributed by atoms with van der Waals surface area (Å²) < 4.78 is 33.3. The number of ether oxygens (including phenoxy) is 2. The molecule has 1 aromatic rings. The van der Waals surface area contributed by atoms with Crippen molar-refractivity contribution in [1.82, 2.24) is 0 Å². The molecule has 0 atom stereocenters. The Kier molecular flexibility index (Phi) is 4.62. The second-order valence-corrected chi connectivity index (χ2v) is 3.86. The summed E-state index contributed by atoms with van der Waals surface area (Å²) in [6.45, 7) is -3.08. The predicted octanol–water partition coefficient (Wildman–Crippen LogP) is 2.55. The zero-order chi connectivity index (χ0) is 13.0. The van der Waals surface area contributed by atoms with E-state index in [-0.39, 0.29) is 20.4 Å². The van der Waals surface area contributed by atoms with Crippen LogP contribution in [0.3, 0.4) is 0 Å². The minimum atomic E-state index is -3.08. The number of carbonyl (C=O) groups excluding carboxylic acids is 1. The molecule has 0 saturated carbocycles. The molecule has 0 aliphatic carbocycles. The Morgan fingerprint density at radius 1 is 1.53 bits per heavy atom. The standard InChI is InChI=1S/C10H6F2INO3/c1-16-9(15)6-3-2-5(4-14)7(13)8(6)17-10(11)12/h2-3,10H,1H3. The number of carbonyl (C=O) groups is 1. The average molecular weight is 353 g/mol. The van der Waals surface area contributed by atoms with Crippen molar-refractivity contribution >= 4 is 28.6 Å². The Labute approximate surface area is 109 Å². The molecule has 4 nitrogen and oxygen atoms in total. The third-order valence-electron chi connectivity index (χ3n) is 1.83. The molecular weight excluding hydrogens is 347 g/mol. The number of benzene rings is 1. The highest BCUT2D eigenvalue weighted by atomic mass is 127. The maximum Gasteiger partial charge on any atom is 0.387 e. The first-order valence-corrected chi connectivity index (χ1v) is 5.34. The predicted molar refractivity (Wildman–Crippen MR) is 61.8 cm³/mol. The summed E-state index contributed by atoms with van der Waals surface area (Å²) in [5.74, 6) is -1.14. The van der Waals surface area contributed by atoms with Gasteiger partial charge in [0.15, 0.2) is 5.75 Å². The lowest BCUT2D eigenvalue weighted by Gasteiger charge is -2.11. The largest absolute Gasteiger partial charge is 0.465 e. The normalized spacial score (nSPS) is 9.88. The topological polar surface area (TPSA) is 59.3 Å². The van der Waals surface area contributed by atoms with Gasteiger partial charge < -0.3 is 9.47 Å². The zero-order valence-corrected chi connectivity index (χ0v) is 10.7. The smallest absolute Gasteiger partial charge is 0.387 e. The van der Waals surface area contributed by atoms with Crippen molar-refractivity contribution in [1.29, 1.82) is 5.26 Å². The van der Waals surface area contributed by atoms with Gasteiger partial charge in [0.05, 0.1) is 16.2 Å². The van der Waals surface area contributed by atoms with Crippen molar-refractivity contribution in [3.63, 3.8) is 0 Å². The van der Waals surface area contributed by atoms with Gasteiger partial charge in [0, 0.05) is 0 Å². The first-order chi connectivity index (χ1) is 8.01. The lowest BCUT2D eigenvalue weighted by molar-refractivity contribution is -0.0510. The molecule has 0 aromatic heterocycles. The number of hydrogen-bond acceptors (Lipinski definition) is 4. The summed E-state index contributed by atoms with van der Waals surface area (Å²) >= 11 is 1.66. The number of hydrogen-bond donors (Lipinski definition) is 0. The van der Waals surface area contributed by atoms with Crippen LogP contribution in [-0.4, -0.2) is 19.7 Å². The lowest BCUT2D eigenvalue weighted by Crippen LogP contribution is -2.11. The summed E-state index contributed by atoms with van der Waals surface area (Å²) in [7, 11) is 1.12. The van der Waals surface area contributed by atoms with Crippen molar-refractivity contribution in [3.05, 3.63) is 26.8 Å². The maximum absolute atomic E-state index is 12.2. The second-order valence-electron chi connectivity index (χ2n) is 2.79. The van der Waals surface area contributed by atoms with E-state index in [1.54, 1.807) is 22.6 Å². The number of nitriles is 1. The monoisotopic (exact) mass is 353 g/mol. The maximum atomic E-state index is 12.2. The molecule has 0 unspecified atom stereocenters. The van der Waals surface area contributed by atoms with E-state index in [1.807, 2.05) is 6.07 Å². The highest BCUT2D eigenvalue weighted by Gasteiger charge is 2.21. The average Bonchev–Trinajstić information content (AvgIpc) is 2.30. The van der Waals surface area contributed by atoms with Gasteiger partial charge in [-0.1, -0.05) is 0 Å². The summed E-state index contributed by atoms with van der Waals surface area (Å²) in [6, 6.07) is 4.36. The van der Waals surface area contributed by atoms with E-state index in [0.29, 0.717) is 0 Å². The molecule has 0 bridgehead atoms. The summed E-state index contributed by atoms with van der Waals surface area (Å²) in [5, 5.41) is 8.75. The van der Waals surface area contributed by atoms with E-state index >= 15 is 0 Å². The summed E-state index contributed by atoms with van der Waals surface area (Å²) in [6.07, 6.45) is 0. The molecule has 17 heavy (non-hydrogen) atoms. The highest BCUT2D eigenvalue weighted by Crippen LogP contribution is 2.30. The molecule has 7 heteroatoms. The van der Waals surface area contributed by atoms with Crippen molar-refractivity contribution in [2.45, 2.75) is 6.61 Å². The molecule has 0 N–H and O–H groups in total. The molecule has 90 valence electrons. The Morgan fingerprint density at radius 3 is 2.65 bits per heavy atom. The van der Waals surface area contributed by atoms with Crippen LogP contribution in [0.25, 0.3) is 0 Å². The van der Waals surface area contributed by atoms with E-state index < -0.39 is 12.6 Å². The van der Waals surface area contributed by atoms with Crippen LogP contribution in [-0.2, 0) is 4.74 Å². The molecule has 0 amide bonds. The van der Waals surface area contributed by atoms with Crippen LogP contribution in [0.4, 0.5) is 8.78 Å². The van der Waals surface area contributed by atoms with Crippen LogP contribution in [0.5, 0.6) is 5.75 Å². The molecule has 0 aliphatic heterocycles. The number of alkyl halides is 2. The van der Waals surface area contributed by atoms with Crippen LogP contribution in [0.2, 0.25) is 0 Å². The van der Waals surface area contributed by atoms with Gasteiger partial charge in [-0.3, -0.25) is 0 Å². The Morgan fingerprint density at radius 2 is 2.18 bits per heavy atom. The Bertz CT molecular complexity index is 485.